The van der Waals surface area contributed by atoms with E-state index in [1.807, 2.05) is 42.3 Å². The Labute approximate surface area is 203 Å². The van der Waals surface area contributed by atoms with E-state index in [1.165, 1.54) is 12.8 Å². The zero-order chi connectivity index (χ0) is 22.7. The predicted molar refractivity (Wildman–Crippen MR) is 131 cm³/mol. The first-order chi connectivity index (χ1) is 15.4. The van der Waals surface area contributed by atoms with Crippen LogP contribution in [-0.4, -0.2) is 33.8 Å². The Bertz CT molecular complexity index is 1100. The van der Waals surface area contributed by atoms with Gasteiger partial charge < -0.3 is 0 Å². The van der Waals surface area contributed by atoms with Crippen LogP contribution in [0.4, 0.5) is 0 Å². The summed E-state index contributed by atoms with van der Waals surface area (Å²) in [6.45, 7) is 3.75. The van der Waals surface area contributed by atoms with Crippen molar-refractivity contribution < 1.29 is 4.79 Å². The Balaban J connectivity index is 1.68. The molecule has 1 aromatic heterocycles. The SMILES string of the molecule is Cc1c(CC(=O)NN2CCCCCC2)nn(-c2ccc(Cl)cc2Cl)c1-c1ccc(Cl)cc1. The van der Waals surface area contributed by atoms with Gasteiger partial charge in [0, 0.05) is 28.7 Å². The van der Waals surface area contributed by atoms with Crippen LogP contribution in [-0.2, 0) is 11.2 Å². The first kappa shape index (κ1) is 23.1. The summed E-state index contributed by atoms with van der Waals surface area (Å²) in [4.78, 5) is 12.8. The number of amides is 1. The number of nitrogens with one attached hydrogen (secondary N) is 1. The molecular formula is C24H25Cl3N4O. The van der Waals surface area contributed by atoms with Gasteiger partial charge >= 0.3 is 0 Å². The highest BCUT2D eigenvalue weighted by molar-refractivity contribution is 6.35. The molecular weight excluding hydrogens is 467 g/mol. The first-order valence-corrected chi connectivity index (χ1v) is 11.9. The summed E-state index contributed by atoms with van der Waals surface area (Å²) >= 11 is 18.7. The second kappa shape index (κ2) is 10.3. The van der Waals surface area contributed by atoms with Crippen LogP contribution in [0.15, 0.2) is 42.5 Å². The molecule has 32 heavy (non-hydrogen) atoms. The molecule has 1 fully saturated rings. The second-order valence-corrected chi connectivity index (χ2v) is 9.33. The molecule has 0 radical (unpaired) electrons. The van der Waals surface area contributed by atoms with Gasteiger partial charge in [0.25, 0.3) is 0 Å². The standard InChI is InChI=1S/C24H25Cl3N4O/c1-16-21(15-23(32)29-30-12-4-2-3-5-13-30)28-31(22-11-10-19(26)14-20(22)27)24(16)17-6-8-18(25)9-7-17/h6-11,14H,2-5,12-13,15H2,1H3,(H,29,32). The molecule has 0 unspecified atom stereocenters. The van der Waals surface area contributed by atoms with Crippen LogP contribution in [0.5, 0.6) is 0 Å². The van der Waals surface area contributed by atoms with Crippen molar-refractivity contribution in [1.29, 1.82) is 0 Å². The lowest BCUT2D eigenvalue weighted by molar-refractivity contribution is -0.125. The Hall–Kier alpha value is -2.05. The molecule has 5 nitrogen and oxygen atoms in total. The van der Waals surface area contributed by atoms with Crippen molar-refractivity contribution in [2.75, 3.05) is 13.1 Å². The van der Waals surface area contributed by atoms with E-state index in [4.69, 9.17) is 39.9 Å². The average Bonchev–Trinajstić information content (AvgIpc) is 2.91. The number of rotatable bonds is 5. The average molecular weight is 492 g/mol. The predicted octanol–water partition coefficient (Wildman–Crippen LogP) is 6.26. The highest BCUT2D eigenvalue weighted by Gasteiger charge is 2.21. The van der Waals surface area contributed by atoms with Crippen molar-refractivity contribution in [2.45, 2.75) is 39.0 Å². The number of carbonyl (C=O) groups excluding carboxylic acids is 1. The highest BCUT2D eigenvalue weighted by Crippen LogP contribution is 2.33. The maximum atomic E-state index is 12.8. The van der Waals surface area contributed by atoms with E-state index >= 15 is 0 Å². The fourth-order valence-corrected chi connectivity index (χ4v) is 4.65. The summed E-state index contributed by atoms with van der Waals surface area (Å²) in [5.74, 6) is -0.0653. The molecule has 4 rings (SSSR count). The molecule has 1 N–H and O–H groups in total. The number of benzene rings is 2. The molecule has 168 valence electrons. The molecule has 2 aromatic carbocycles. The van der Waals surface area contributed by atoms with E-state index in [-0.39, 0.29) is 12.3 Å². The van der Waals surface area contributed by atoms with Crippen LogP contribution in [0, 0.1) is 6.92 Å². The third kappa shape index (κ3) is 5.29. The highest BCUT2D eigenvalue weighted by atomic mass is 35.5. The Morgan fingerprint density at radius 3 is 2.28 bits per heavy atom. The minimum atomic E-state index is -0.0653. The number of nitrogens with zero attached hydrogens (tertiary/aromatic N) is 3. The molecule has 1 aliphatic rings. The number of hydrogen-bond acceptors (Lipinski definition) is 3. The lowest BCUT2D eigenvalue weighted by atomic mass is 10.1. The van der Waals surface area contributed by atoms with Gasteiger partial charge in [-0.1, -0.05) is 59.8 Å². The van der Waals surface area contributed by atoms with Gasteiger partial charge in [-0.2, -0.15) is 5.10 Å². The quantitative estimate of drug-likeness (QED) is 0.458. The van der Waals surface area contributed by atoms with Crippen LogP contribution < -0.4 is 5.43 Å². The number of hydrazine groups is 1. The van der Waals surface area contributed by atoms with Crippen molar-refractivity contribution in [3.8, 4) is 16.9 Å². The summed E-state index contributed by atoms with van der Waals surface area (Å²) in [6.07, 6.45) is 4.80. The molecule has 3 aromatic rings. The van der Waals surface area contributed by atoms with Gasteiger partial charge in [-0.15, -0.1) is 0 Å². The first-order valence-electron chi connectivity index (χ1n) is 10.8. The molecule has 2 heterocycles. The largest absolute Gasteiger partial charge is 0.289 e. The van der Waals surface area contributed by atoms with Gasteiger partial charge in [-0.05, 0) is 55.7 Å². The number of carbonyl (C=O) groups is 1. The number of hydrogen-bond donors (Lipinski definition) is 1. The van der Waals surface area contributed by atoms with Gasteiger partial charge in [0.2, 0.25) is 5.91 Å². The minimum absolute atomic E-state index is 0.0653. The molecule has 1 amide bonds. The Morgan fingerprint density at radius 1 is 0.969 bits per heavy atom. The minimum Gasteiger partial charge on any atom is -0.289 e. The Morgan fingerprint density at radius 2 is 1.62 bits per heavy atom. The third-order valence-electron chi connectivity index (χ3n) is 5.69. The smallest absolute Gasteiger partial charge is 0.240 e. The second-order valence-electron chi connectivity index (χ2n) is 8.05. The lowest BCUT2D eigenvalue weighted by Crippen LogP contribution is -2.43. The van der Waals surface area contributed by atoms with Crippen molar-refractivity contribution in [3.05, 3.63) is 68.8 Å². The molecule has 0 spiro atoms. The maximum absolute atomic E-state index is 12.8. The van der Waals surface area contributed by atoms with E-state index in [1.54, 1.807) is 16.8 Å². The van der Waals surface area contributed by atoms with Crippen LogP contribution in [0.1, 0.15) is 36.9 Å². The third-order valence-corrected chi connectivity index (χ3v) is 6.48. The van der Waals surface area contributed by atoms with Crippen molar-refractivity contribution >= 4 is 40.7 Å². The van der Waals surface area contributed by atoms with Gasteiger partial charge in [0.15, 0.2) is 0 Å². The summed E-state index contributed by atoms with van der Waals surface area (Å²) in [5.41, 5.74) is 7.17. The van der Waals surface area contributed by atoms with Crippen LogP contribution in [0.3, 0.4) is 0 Å². The van der Waals surface area contributed by atoms with Gasteiger partial charge in [0.05, 0.1) is 28.5 Å². The van der Waals surface area contributed by atoms with Crippen LogP contribution in [0.25, 0.3) is 16.9 Å². The molecule has 1 aliphatic heterocycles. The normalized spacial score (nSPS) is 14.9. The van der Waals surface area contributed by atoms with Crippen molar-refractivity contribution in [1.82, 2.24) is 20.2 Å². The van der Waals surface area contributed by atoms with Crippen LogP contribution >= 0.6 is 34.8 Å². The van der Waals surface area contributed by atoms with E-state index in [9.17, 15) is 4.79 Å². The molecule has 1 saturated heterocycles. The number of aromatic nitrogens is 2. The fourth-order valence-electron chi connectivity index (χ4n) is 4.03. The summed E-state index contributed by atoms with van der Waals surface area (Å²) in [7, 11) is 0. The topological polar surface area (TPSA) is 50.2 Å². The molecule has 0 saturated carbocycles. The van der Waals surface area contributed by atoms with E-state index < -0.39 is 0 Å². The zero-order valence-corrected chi connectivity index (χ0v) is 20.1. The van der Waals surface area contributed by atoms with Gasteiger partial charge in [-0.25, -0.2) is 9.69 Å². The Kier molecular flexibility index (Phi) is 7.41. The van der Waals surface area contributed by atoms with Crippen LogP contribution in [0.2, 0.25) is 15.1 Å². The van der Waals surface area contributed by atoms with E-state index in [2.05, 4.69) is 5.43 Å². The summed E-state index contributed by atoms with van der Waals surface area (Å²) < 4.78 is 1.78. The van der Waals surface area contributed by atoms with E-state index in [0.29, 0.717) is 26.4 Å². The number of halogens is 3. The van der Waals surface area contributed by atoms with Crippen molar-refractivity contribution in [2.24, 2.45) is 0 Å². The van der Waals surface area contributed by atoms with E-state index in [0.717, 1.165) is 42.8 Å². The van der Waals surface area contributed by atoms with Gasteiger partial charge in [-0.3, -0.25) is 10.2 Å². The molecule has 0 atom stereocenters. The molecule has 8 heteroatoms. The zero-order valence-electron chi connectivity index (χ0n) is 17.9. The molecule has 0 aliphatic carbocycles. The van der Waals surface area contributed by atoms with Crippen molar-refractivity contribution in [3.63, 3.8) is 0 Å². The summed E-state index contributed by atoms with van der Waals surface area (Å²) in [5, 5.41) is 8.51. The fraction of sp³-hybridized carbons (Fsp3) is 0.333. The van der Waals surface area contributed by atoms with Gasteiger partial charge in [0.1, 0.15) is 0 Å². The monoisotopic (exact) mass is 490 g/mol. The maximum Gasteiger partial charge on any atom is 0.240 e. The lowest BCUT2D eigenvalue weighted by Gasteiger charge is -2.20. The molecule has 0 bridgehead atoms. The summed E-state index contributed by atoms with van der Waals surface area (Å²) in [6, 6.07) is 12.8.